The van der Waals surface area contributed by atoms with Crippen molar-refractivity contribution in [3.05, 3.63) is 0 Å². The molecule has 0 saturated carbocycles. The van der Waals surface area contributed by atoms with E-state index in [1.165, 1.54) is 0 Å². The SMILES string of the molecule is CC(C)(C)S(=O)(=O)CCCS(=O)[O-].[Na+]. The quantitative estimate of drug-likeness (QED) is 0.407. The largest absolute Gasteiger partial charge is 1.00 e. The third-order valence-corrected chi connectivity index (χ3v) is 4.97. The smallest absolute Gasteiger partial charge is 0.772 e. The first-order valence-corrected chi connectivity index (χ1v) is 6.84. The predicted molar refractivity (Wildman–Crippen MR) is 51.9 cm³/mol. The number of hydrogen-bond acceptors (Lipinski definition) is 4. The summed E-state index contributed by atoms with van der Waals surface area (Å²) in [5.41, 5.74) is 0. The minimum absolute atomic E-state index is 0. The van der Waals surface area contributed by atoms with Crippen LogP contribution in [0.2, 0.25) is 0 Å². The van der Waals surface area contributed by atoms with Crippen molar-refractivity contribution in [2.75, 3.05) is 11.5 Å². The number of hydrogen-bond donors (Lipinski definition) is 0. The summed E-state index contributed by atoms with van der Waals surface area (Å²) in [7, 11) is -3.17. The molecule has 80 valence electrons. The van der Waals surface area contributed by atoms with Gasteiger partial charge in [0, 0.05) is 5.75 Å². The Morgan fingerprint density at radius 3 is 2.00 bits per heavy atom. The van der Waals surface area contributed by atoms with Gasteiger partial charge in [-0.25, -0.2) is 8.42 Å². The van der Waals surface area contributed by atoms with E-state index in [1.807, 2.05) is 0 Å². The Bertz CT molecular complexity index is 279. The first-order valence-electron chi connectivity index (χ1n) is 3.95. The van der Waals surface area contributed by atoms with Crippen LogP contribution in [0, 0.1) is 0 Å². The number of sulfone groups is 1. The van der Waals surface area contributed by atoms with Gasteiger partial charge in [-0.2, -0.15) is 0 Å². The molecule has 0 fully saturated rings. The summed E-state index contributed by atoms with van der Waals surface area (Å²) in [4.78, 5) is 0. The van der Waals surface area contributed by atoms with Crippen LogP contribution in [0.4, 0.5) is 0 Å². The normalized spacial score (nSPS) is 14.6. The van der Waals surface area contributed by atoms with E-state index in [2.05, 4.69) is 0 Å². The molecule has 0 aliphatic carbocycles. The minimum Gasteiger partial charge on any atom is -0.772 e. The zero-order valence-corrected chi connectivity index (χ0v) is 12.7. The van der Waals surface area contributed by atoms with Crippen molar-refractivity contribution < 1.29 is 46.7 Å². The van der Waals surface area contributed by atoms with Crippen LogP contribution in [-0.4, -0.2) is 33.4 Å². The van der Waals surface area contributed by atoms with Gasteiger partial charge in [0.25, 0.3) is 0 Å². The van der Waals surface area contributed by atoms with Gasteiger partial charge in [0.1, 0.15) is 0 Å². The molecule has 0 amide bonds. The Hall–Kier alpha value is 1.06. The van der Waals surface area contributed by atoms with Gasteiger partial charge in [-0.3, -0.25) is 4.21 Å². The van der Waals surface area contributed by atoms with Gasteiger partial charge in [-0.05, 0) is 27.2 Å². The second-order valence-electron chi connectivity index (χ2n) is 3.79. The third-order valence-electron chi connectivity index (χ3n) is 1.66. The van der Waals surface area contributed by atoms with E-state index < -0.39 is 25.7 Å². The molecule has 0 saturated heterocycles. The minimum atomic E-state index is -3.17. The molecule has 0 heterocycles. The molecule has 0 N–H and O–H groups in total. The third kappa shape index (κ3) is 6.53. The average molecular weight is 250 g/mol. The van der Waals surface area contributed by atoms with Crippen molar-refractivity contribution in [1.82, 2.24) is 0 Å². The molecule has 0 aliphatic rings. The van der Waals surface area contributed by atoms with E-state index in [-0.39, 0.29) is 47.5 Å². The Morgan fingerprint density at radius 2 is 1.71 bits per heavy atom. The van der Waals surface area contributed by atoms with Gasteiger partial charge in [-0.1, -0.05) is 11.1 Å². The molecule has 0 aromatic carbocycles. The maximum absolute atomic E-state index is 11.4. The van der Waals surface area contributed by atoms with Gasteiger partial charge in [0.2, 0.25) is 0 Å². The van der Waals surface area contributed by atoms with Crippen LogP contribution in [0.15, 0.2) is 0 Å². The van der Waals surface area contributed by atoms with Crippen LogP contribution in [-0.2, 0) is 20.9 Å². The summed E-state index contributed by atoms with van der Waals surface area (Å²) in [5.74, 6) is -0.153. The summed E-state index contributed by atoms with van der Waals surface area (Å²) in [6.45, 7) is 4.82. The summed E-state index contributed by atoms with van der Waals surface area (Å²) in [6.07, 6.45) is 0.176. The van der Waals surface area contributed by atoms with E-state index in [0.717, 1.165) is 0 Å². The van der Waals surface area contributed by atoms with Crippen molar-refractivity contribution in [2.45, 2.75) is 31.9 Å². The molecule has 4 nitrogen and oxygen atoms in total. The van der Waals surface area contributed by atoms with Crippen molar-refractivity contribution in [3.63, 3.8) is 0 Å². The molecular weight excluding hydrogens is 235 g/mol. The molecule has 0 spiro atoms. The Balaban J connectivity index is 0. The van der Waals surface area contributed by atoms with Crippen LogP contribution in [0.3, 0.4) is 0 Å². The van der Waals surface area contributed by atoms with Crippen LogP contribution in [0.5, 0.6) is 0 Å². The van der Waals surface area contributed by atoms with Gasteiger partial charge in [-0.15, -0.1) is 0 Å². The van der Waals surface area contributed by atoms with Crippen LogP contribution in [0.1, 0.15) is 27.2 Å². The van der Waals surface area contributed by atoms with Crippen molar-refractivity contribution in [1.29, 1.82) is 0 Å². The van der Waals surface area contributed by atoms with E-state index in [4.69, 9.17) is 0 Å². The number of rotatable bonds is 4. The summed E-state index contributed by atoms with van der Waals surface area (Å²) < 4.78 is 42.4. The molecule has 1 atom stereocenters. The monoisotopic (exact) mass is 250 g/mol. The standard InChI is InChI=1S/C7H16O4S2.Na/c1-7(2,3)13(10,11)6-4-5-12(8)9;/h4-6H2,1-3H3,(H,8,9);/q;+1/p-1. The first kappa shape index (κ1) is 17.5. The van der Waals surface area contributed by atoms with Gasteiger partial charge in [0.15, 0.2) is 9.84 Å². The summed E-state index contributed by atoms with van der Waals surface area (Å²) >= 11 is -2.14. The molecule has 0 bridgehead atoms. The molecule has 0 rings (SSSR count). The molecule has 0 aliphatic heterocycles. The predicted octanol–water partition coefficient (Wildman–Crippen LogP) is -2.53. The van der Waals surface area contributed by atoms with Crippen molar-refractivity contribution in [2.24, 2.45) is 0 Å². The molecule has 0 radical (unpaired) electrons. The fourth-order valence-corrected chi connectivity index (χ4v) is 2.37. The molecule has 0 aromatic rings. The molecular formula is C7H15NaO4S2. The van der Waals surface area contributed by atoms with E-state index in [0.29, 0.717) is 0 Å². The van der Waals surface area contributed by atoms with E-state index in [1.54, 1.807) is 20.8 Å². The molecule has 0 aromatic heterocycles. The Morgan fingerprint density at radius 1 is 1.29 bits per heavy atom. The van der Waals surface area contributed by atoms with Crippen molar-refractivity contribution >= 4 is 20.9 Å². The first-order chi connectivity index (χ1) is 5.67. The van der Waals surface area contributed by atoms with Gasteiger partial charge >= 0.3 is 29.6 Å². The molecule has 14 heavy (non-hydrogen) atoms. The van der Waals surface area contributed by atoms with Crippen LogP contribution >= 0.6 is 0 Å². The zero-order chi connectivity index (χ0) is 10.7. The Labute approximate surface area is 110 Å². The Kier molecular flexibility index (Phi) is 8.23. The average Bonchev–Trinajstić information content (AvgIpc) is 1.82. The second-order valence-corrected chi connectivity index (χ2v) is 7.67. The summed E-state index contributed by atoms with van der Waals surface area (Å²) in [5, 5.41) is 0. The topological polar surface area (TPSA) is 74.3 Å². The van der Waals surface area contributed by atoms with Crippen molar-refractivity contribution in [3.8, 4) is 0 Å². The van der Waals surface area contributed by atoms with E-state index in [9.17, 15) is 17.2 Å². The van der Waals surface area contributed by atoms with Crippen LogP contribution in [0.25, 0.3) is 0 Å². The zero-order valence-electron chi connectivity index (χ0n) is 9.07. The van der Waals surface area contributed by atoms with Gasteiger partial charge < -0.3 is 4.55 Å². The van der Waals surface area contributed by atoms with E-state index >= 15 is 0 Å². The second kappa shape index (κ2) is 6.60. The fourth-order valence-electron chi connectivity index (χ4n) is 0.673. The maximum atomic E-state index is 11.4. The summed E-state index contributed by atoms with van der Waals surface area (Å²) in [6, 6.07) is 0. The van der Waals surface area contributed by atoms with Crippen LogP contribution < -0.4 is 29.6 Å². The molecule has 1 unspecified atom stereocenters. The maximum Gasteiger partial charge on any atom is 1.00 e. The molecule has 7 heteroatoms. The van der Waals surface area contributed by atoms with Gasteiger partial charge in [0.05, 0.1) is 10.5 Å². The fraction of sp³-hybridized carbons (Fsp3) is 1.00.